The molecule has 6 rings (SSSR count). The van der Waals surface area contributed by atoms with E-state index in [0.717, 1.165) is 54.3 Å². The lowest BCUT2D eigenvalue weighted by atomic mass is 9.97. The van der Waals surface area contributed by atoms with Crippen LogP contribution in [0.2, 0.25) is 0 Å². The summed E-state index contributed by atoms with van der Waals surface area (Å²) >= 11 is 0. The first-order valence-corrected chi connectivity index (χ1v) is 13.2. The van der Waals surface area contributed by atoms with Crippen LogP contribution in [0.4, 0.5) is 13.2 Å². The summed E-state index contributed by atoms with van der Waals surface area (Å²) in [6.07, 6.45) is 4.14. The molecule has 0 atom stereocenters. The van der Waals surface area contributed by atoms with Gasteiger partial charge in [-0.3, -0.25) is 14.4 Å². The van der Waals surface area contributed by atoms with Crippen LogP contribution >= 0.6 is 0 Å². The Balaban J connectivity index is 1.06. The first kappa shape index (κ1) is 26.4. The van der Waals surface area contributed by atoms with E-state index in [-0.39, 0.29) is 18.3 Å². The maximum Gasteiger partial charge on any atom is 0.433 e. The van der Waals surface area contributed by atoms with Crippen molar-refractivity contribution in [3.63, 3.8) is 0 Å². The number of pyridine rings is 1. The molecular formula is C27H30F3N9O. The average Bonchev–Trinajstić information content (AvgIpc) is 3.57. The second-order valence-electron chi connectivity index (χ2n) is 10.8. The molecule has 2 saturated heterocycles. The van der Waals surface area contributed by atoms with Crippen LogP contribution < -0.4 is 0 Å². The van der Waals surface area contributed by atoms with Gasteiger partial charge < -0.3 is 14.8 Å². The van der Waals surface area contributed by atoms with Gasteiger partial charge in [-0.2, -0.15) is 18.3 Å². The highest BCUT2D eigenvalue weighted by atomic mass is 19.4. The lowest BCUT2D eigenvalue weighted by Crippen LogP contribution is -2.56. The number of amides is 1. The average molecular weight is 554 g/mol. The van der Waals surface area contributed by atoms with Crippen molar-refractivity contribution < 1.29 is 18.0 Å². The number of nitrogens with zero attached hydrogens (tertiary/aromatic N) is 8. The van der Waals surface area contributed by atoms with Crippen LogP contribution in [0, 0.1) is 0 Å². The van der Waals surface area contributed by atoms with Crippen LogP contribution in [0.15, 0.2) is 43.1 Å². The van der Waals surface area contributed by atoms with Gasteiger partial charge in [0.2, 0.25) is 0 Å². The predicted octanol–water partition coefficient (Wildman–Crippen LogP) is 3.46. The van der Waals surface area contributed by atoms with Crippen molar-refractivity contribution in [3.8, 4) is 11.3 Å². The molecule has 13 heteroatoms. The molecule has 0 aromatic carbocycles. The second-order valence-corrected chi connectivity index (χ2v) is 10.8. The fourth-order valence-corrected chi connectivity index (χ4v) is 5.61. The van der Waals surface area contributed by atoms with Gasteiger partial charge in [-0.05, 0) is 50.7 Å². The normalized spacial score (nSPS) is 17.6. The van der Waals surface area contributed by atoms with Gasteiger partial charge >= 0.3 is 6.18 Å². The first-order valence-electron chi connectivity index (χ1n) is 13.2. The lowest BCUT2D eigenvalue weighted by Gasteiger charge is -2.47. The van der Waals surface area contributed by atoms with E-state index in [2.05, 4.69) is 29.9 Å². The Labute approximate surface area is 228 Å². The van der Waals surface area contributed by atoms with E-state index in [4.69, 9.17) is 0 Å². The van der Waals surface area contributed by atoms with Crippen LogP contribution in [0.3, 0.4) is 0 Å². The molecular weight excluding hydrogens is 523 g/mol. The maximum absolute atomic E-state index is 13.4. The molecule has 4 aromatic heterocycles. The van der Waals surface area contributed by atoms with Gasteiger partial charge in [0.05, 0.1) is 17.9 Å². The Morgan fingerprint density at radius 3 is 2.62 bits per heavy atom. The molecule has 0 bridgehead atoms. The highest BCUT2D eigenvalue weighted by Gasteiger charge is 2.38. The number of aromatic nitrogens is 6. The number of piperidine rings is 1. The number of H-pyrrole nitrogens is 1. The van der Waals surface area contributed by atoms with Crippen molar-refractivity contribution in [1.82, 2.24) is 44.4 Å². The van der Waals surface area contributed by atoms with E-state index in [1.54, 1.807) is 30.2 Å². The smallest absolute Gasteiger partial charge is 0.346 e. The van der Waals surface area contributed by atoms with Gasteiger partial charge in [0.15, 0.2) is 0 Å². The van der Waals surface area contributed by atoms with Crippen molar-refractivity contribution in [2.75, 3.05) is 40.3 Å². The van der Waals surface area contributed by atoms with Crippen molar-refractivity contribution in [3.05, 3.63) is 60.1 Å². The van der Waals surface area contributed by atoms with Crippen molar-refractivity contribution in [2.24, 2.45) is 0 Å². The number of alkyl halides is 3. The molecule has 1 amide bonds. The lowest BCUT2D eigenvalue weighted by molar-refractivity contribution is -0.141. The Hall–Kier alpha value is -3.84. The van der Waals surface area contributed by atoms with E-state index in [9.17, 15) is 18.0 Å². The molecule has 40 heavy (non-hydrogen) atoms. The SMILES string of the molecule is CN(C)Cc1cc(C(=O)N2CCC(N3CC(n4cc(-c5ncnc6[nH]ccc56)cn4)C3)CC2)nc(C(F)(F)F)c1. The zero-order valence-electron chi connectivity index (χ0n) is 22.3. The molecule has 2 fully saturated rings. The largest absolute Gasteiger partial charge is 0.433 e. The summed E-state index contributed by atoms with van der Waals surface area (Å²) in [6.45, 7) is 2.96. The summed E-state index contributed by atoms with van der Waals surface area (Å²) < 4.78 is 42.3. The molecule has 2 aliphatic heterocycles. The Bertz CT molecular complexity index is 1510. The molecule has 10 nitrogen and oxygen atoms in total. The summed E-state index contributed by atoms with van der Waals surface area (Å²) in [4.78, 5) is 34.4. The number of hydrogen-bond acceptors (Lipinski definition) is 7. The third-order valence-electron chi connectivity index (χ3n) is 7.66. The topological polar surface area (TPSA) is 99.1 Å². The molecule has 0 saturated carbocycles. The zero-order valence-corrected chi connectivity index (χ0v) is 22.3. The van der Waals surface area contributed by atoms with Crippen LogP contribution in [0.25, 0.3) is 22.3 Å². The monoisotopic (exact) mass is 553 g/mol. The maximum atomic E-state index is 13.4. The third kappa shape index (κ3) is 5.18. The summed E-state index contributed by atoms with van der Waals surface area (Å²) in [5.41, 5.74) is 1.80. The highest BCUT2D eigenvalue weighted by molar-refractivity contribution is 5.92. The van der Waals surface area contributed by atoms with Gasteiger partial charge in [0.25, 0.3) is 5.91 Å². The van der Waals surface area contributed by atoms with E-state index in [1.807, 2.05) is 29.3 Å². The third-order valence-corrected chi connectivity index (χ3v) is 7.66. The van der Waals surface area contributed by atoms with E-state index >= 15 is 0 Å². The van der Waals surface area contributed by atoms with Gasteiger partial charge in [-0.25, -0.2) is 15.0 Å². The van der Waals surface area contributed by atoms with E-state index in [0.29, 0.717) is 24.7 Å². The number of aromatic amines is 1. The van der Waals surface area contributed by atoms with Crippen molar-refractivity contribution >= 4 is 16.9 Å². The van der Waals surface area contributed by atoms with Crippen molar-refractivity contribution in [2.45, 2.75) is 37.6 Å². The molecule has 4 aromatic rings. The number of rotatable bonds is 6. The number of hydrogen-bond donors (Lipinski definition) is 1. The van der Waals surface area contributed by atoms with E-state index in [1.165, 1.54) is 6.07 Å². The number of nitrogens with one attached hydrogen (secondary N) is 1. The number of halogens is 3. The number of likely N-dealkylation sites (tertiary alicyclic amines) is 2. The Kier molecular flexibility index (Phi) is 6.78. The molecule has 2 aliphatic rings. The fourth-order valence-electron chi connectivity index (χ4n) is 5.61. The number of carbonyl (C=O) groups excluding carboxylic acids is 1. The molecule has 0 radical (unpaired) electrons. The Morgan fingerprint density at radius 2 is 1.90 bits per heavy atom. The molecule has 0 spiro atoms. The minimum absolute atomic E-state index is 0.149. The summed E-state index contributed by atoms with van der Waals surface area (Å²) in [5.74, 6) is -0.448. The van der Waals surface area contributed by atoms with Crippen LogP contribution in [0.5, 0.6) is 0 Å². The molecule has 0 aliphatic carbocycles. The van der Waals surface area contributed by atoms with Gasteiger partial charge in [-0.15, -0.1) is 0 Å². The predicted molar refractivity (Wildman–Crippen MR) is 141 cm³/mol. The van der Waals surface area contributed by atoms with Crippen LogP contribution in [-0.2, 0) is 12.7 Å². The summed E-state index contributed by atoms with van der Waals surface area (Å²) in [6, 6.07) is 5.01. The zero-order chi connectivity index (χ0) is 28.0. The molecule has 6 heterocycles. The van der Waals surface area contributed by atoms with Crippen LogP contribution in [0.1, 0.15) is 40.6 Å². The van der Waals surface area contributed by atoms with Gasteiger partial charge in [0.1, 0.15) is 23.4 Å². The quantitative estimate of drug-likeness (QED) is 0.391. The number of fused-ring (bicyclic) bond motifs is 1. The second kappa shape index (κ2) is 10.3. The first-order chi connectivity index (χ1) is 19.2. The standard InChI is InChI=1S/C27H30F3N9O/c1-36(2)12-17-9-22(35-23(10-17)27(28,29)30)26(40)37-7-4-19(5-8-37)38-14-20(15-38)39-13-18(11-34-39)24-21-3-6-31-25(21)33-16-32-24/h3,6,9-11,13,16,19-20H,4-5,7-8,12,14-15H2,1-2H3,(H,31,32,33). The van der Waals surface area contributed by atoms with Gasteiger partial charge in [-0.1, -0.05) is 0 Å². The summed E-state index contributed by atoms with van der Waals surface area (Å²) in [5, 5.41) is 5.53. The fraction of sp³-hybridized carbons (Fsp3) is 0.444. The van der Waals surface area contributed by atoms with Gasteiger partial charge in [0, 0.05) is 62.1 Å². The minimum Gasteiger partial charge on any atom is -0.346 e. The molecule has 210 valence electrons. The minimum atomic E-state index is -4.61. The van der Waals surface area contributed by atoms with Crippen molar-refractivity contribution in [1.29, 1.82) is 0 Å². The van der Waals surface area contributed by atoms with Crippen LogP contribution in [-0.4, -0.2) is 96.6 Å². The summed E-state index contributed by atoms with van der Waals surface area (Å²) in [7, 11) is 3.54. The highest BCUT2D eigenvalue weighted by Crippen LogP contribution is 2.32. The number of carbonyl (C=O) groups is 1. The Morgan fingerprint density at radius 1 is 1.12 bits per heavy atom. The van der Waals surface area contributed by atoms with E-state index < -0.39 is 17.8 Å². The molecule has 0 unspecified atom stereocenters. The molecule has 1 N–H and O–H groups in total.